The van der Waals surface area contributed by atoms with Crippen molar-refractivity contribution in [3.8, 4) is 5.75 Å². The molecule has 0 saturated carbocycles. The number of carbonyl (C=O) groups is 3. The molecule has 0 fully saturated rings. The van der Waals surface area contributed by atoms with Crippen LogP contribution in [0.1, 0.15) is 29.3 Å². The summed E-state index contributed by atoms with van der Waals surface area (Å²) in [6.07, 6.45) is 0.813. The van der Waals surface area contributed by atoms with Crippen LogP contribution in [0.5, 0.6) is 5.75 Å². The first kappa shape index (κ1) is 16.2. The average molecular weight is 326 g/mol. The van der Waals surface area contributed by atoms with E-state index < -0.39 is 17.2 Å². The van der Waals surface area contributed by atoms with Crippen LogP contribution in [0.4, 0.5) is 0 Å². The van der Waals surface area contributed by atoms with Crippen LogP contribution < -0.4 is 4.74 Å². The van der Waals surface area contributed by atoms with Crippen LogP contribution in [-0.4, -0.2) is 31.8 Å². The molecule has 0 N–H and O–H groups in total. The van der Waals surface area contributed by atoms with Crippen LogP contribution >= 0.6 is 0 Å². The standard InChI is InChI=1S/C19H18O5/c1-19(17(21)18(22)24-3)9-8-13-14(16(19)20)7-5-11-4-6-12(23-2)10-15(11)13/h4-7,10H,8-9H2,1-3H3. The molecule has 5 heteroatoms. The Hall–Kier alpha value is -2.69. The highest BCUT2D eigenvalue weighted by atomic mass is 16.5. The van der Waals surface area contributed by atoms with Crippen LogP contribution in [0.3, 0.4) is 0 Å². The zero-order valence-electron chi connectivity index (χ0n) is 13.8. The van der Waals surface area contributed by atoms with Crippen molar-refractivity contribution in [2.24, 2.45) is 5.41 Å². The summed E-state index contributed by atoms with van der Waals surface area (Å²) in [7, 11) is 2.73. The van der Waals surface area contributed by atoms with Gasteiger partial charge in [-0.25, -0.2) is 4.79 Å². The molecule has 0 saturated heterocycles. The van der Waals surface area contributed by atoms with Gasteiger partial charge in [0.2, 0.25) is 0 Å². The summed E-state index contributed by atoms with van der Waals surface area (Å²) < 4.78 is 9.78. The maximum atomic E-state index is 12.9. The smallest absolute Gasteiger partial charge is 0.375 e. The Morgan fingerprint density at radius 3 is 2.50 bits per heavy atom. The number of esters is 1. The molecule has 0 radical (unpaired) electrons. The average Bonchev–Trinajstić information content (AvgIpc) is 2.62. The summed E-state index contributed by atoms with van der Waals surface area (Å²) in [6, 6.07) is 9.27. The van der Waals surface area contributed by atoms with E-state index in [1.807, 2.05) is 24.3 Å². The van der Waals surface area contributed by atoms with Gasteiger partial charge in [0.1, 0.15) is 11.2 Å². The largest absolute Gasteiger partial charge is 0.497 e. The molecule has 0 amide bonds. The fourth-order valence-electron chi connectivity index (χ4n) is 3.29. The van der Waals surface area contributed by atoms with Crippen molar-refractivity contribution < 1.29 is 23.9 Å². The lowest BCUT2D eigenvalue weighted by atomic mass is 9.68. The summed E-state index contributed by atoms with van der Waals surface area (Å²) in [6.45, 7) is 1.52. The van der Waals surface area contributed by atoms with Gasteiger partial charge in [0, 0.05) is 5.56 Å². The molecule has 0 heterocycles. The molecule has 0 spiro atoms. The third-order valence-corrected chi connectivity index (χ3v) is 4.83. The lowest BCUT2D eigenvalue weighted by molar-refractivity contribution is -0.155. The summed E-state index contributed by atoms with van der Waals surface area (Å²) in [5, 5.41) is 1.94. The SMILES string of the molecule is COC(=O)C(=O)C1(C)CCc2c(ccc3ccc(OC)cc23)C1=O. The lowest BCUT2D eigenvalue weighted by Gasteiger charge is -2.31. The number of hydrogen-bond acceptors (Lipinski definition) is 5. The molecular weight excluding hydrogens is 308 g/mol. The van der Waals surface area contributed by atoms with Crippen molar-refractivity contribution in [3.63, 3.8) is 0 Å². The molecular formula is C19H18O5. The highest BCUT2D eigenvalue weighted by Crippen LogP contribution is 2.39. The number of ether oxygens (including phenoxy) is 2. The van der Waals surface area contributed by atoms with Crippen molar-refractivity contribution in [2.45, 2.75) is 19.8 Å². The van der Waals surface area contributed by atoms with Gasteiger partial charge in [-0.05, 0) is 48.2 Å². The Labute approximate surface area is 139 Å². The maximum absolute atomic E-state index is 12.9. The first-order valence-corrected chi connectivity index (χ1v) is 7.69. The highest BCUT2D eigenvalue weighted by Gasteiger charge is 2.48. The van der Waals surface area contributed by atoms with Gasteiger partial charge in [0.15, 0.2) is 5.78 Å². The van der Waals surface area contributed by atoms with E-state index in [1.165, 1.54) is 6.92 Å². The zero-order chi connectivity index (χ0) is 17.5. The Balaban J connectivity index is 2.13. The minimum atomic E-state index is -1.37. The summed E-state index contributed by atoms with van der Waals surface area (Å²) >= 11 is 0. The van der Waals surface area contributed by atoms with E-state index in [1.54, 1.807) is 13.2 Å². The Morgan fingerprint density at radius 1 is 1.12 bits per heavy atom. The van der Waals surface area contributed by atoms with Crippen molar-refractivity contribution >= 4 is 28.3 Å². The first-order valence-electron chi connectivity index (χ1n) is 7.69. The van der Waals surface area contributed by atoms with Crippen molar-refractivity contribution in [1.29, 1.82) is 0 Å². The zero-order valence-corrected chi connectivity index (χ0v) is 13.8. The van der Waals surface area contributed by atoms with Gasteiger partial charge in [-0.3, -0.25) is 9.59 Å². The number of hydrogen-bond donors (Lipinski definition) is 0. The van der Waals surface area contributed by atoms with E-state index in [0.29, 0.717) is 17.7 Å². The first-order chi connectivity index (χ1) is 11.4. The minimum Gasteiger partial charge on any atom is -0.497 e. The Bertz CT molecular complexity index is 867. The minimum absolute atomic E-state index is 0.281. The van der Waals surface area contributed by atoms with Crippen molar-refractivity contribution in [2.75, 3.05) is 14.2 Å². The molecule has 2 aromatic carbocycles. The third-order valence-electron chi connectivity index (χ3n) is 4.83. The molecule has 3 rings (SSSR count). The Kier molecular flexibility index (Phi) is 3.87. The number of benzene rings is 2. The van der Waals surface area contributed by atoms with E-state index >= 15 is 0 Å². The molecule has 1 unspecified atom stereocenters. The lowest BCUT2D eigenvalue weighted by Crippen LogP contribution is -2.44. The third kappa shape index (κ3) is 2.28. The second kappa shape index (κ2) is 5.74. The molecule has 1 aliphatic rings. The van der Waals surface area contributed by atoms with Gasteiger partial charge in [-0.1, -0.05) is 18.2 Å². The quantitative estimate of drug-likeness (QED) is 0.493. The fraction of sp³-hybridized carbons (Fsp3) is 0.316. The monoisotopic (exact) mass is 326 g/mol. The molecule has 2 aromatic rings. The van der Waals surface area contributed by atoms with Crippen molar-refractivity contribution in [3.05, 3.63) is 41.5 Å². The number of ketones is 2. The predicted molar refractivity (Wildman–Crippen MR) is 88.3 cm³/mol. The van der Waals surface area contributed by atoms with Gasteiger partial charge < -0.3 is 9.47 Å². The van der Waals surface area contributed by atoms with E-state index in [0.717, 1.165) is 23.4 Å². The second-order valence-electron chi connectivity index (χ2n) is 6.16. The molecule has 5 nitrogen and oxygen atoms in total. The van der Waals surface area contributed by atoms with Crippen LogP contribution in [0.2, 0.25) is 0 Å². The van der Waals surface area contributed by atoms with Gasteiger partial charge in [0.05, 0.1) is 14.2 Å². The molecule has 124 valence electrons. The molecule has 1 aliphatic carbocycles. The number of aryl methyl sites for hydroxylation is 1. The van der Waals surface area contributed by atoms with E-state index in [9.17, 15) is 14.4 Å². The summed E-state index contributed by atoms with van der Waals surface area (Å²) in [5.41, 5.74) is 0.0143. The Morgan fingerprint density at radius 2 is 1.83 bits per heavy atom. The van der Waals surface area contributed by atoms with E-state index in [2.05, 4.69) is 4.74 Å². The number of Topliss-reactive ketones (excluding diaryl/α,β-unsaturated/α-hetero) is 2. The predicted octanol–water partition coefficient (Wildman–Crippen LogP) is 2.73. The van der Waals surface area contributed by atoms with E-state index in [4.69, 9.17) is 4.74 Å². The van der Waals surface area contributed by atoms with Crippen LogP contribution in [0.15, 0.2) is 30.3 Å². The van der Waals surface area contributed by atoms with Gasteiger partial charge >= 0.3 is 5.97 Å². The van der Waals surface area contributed by atoms with Gasteiger partial charge in [-0.15, -0.1) is 0 Å². The number of methoxy groups -OCH3 is 2. The maximum Gasteiger partial charge on any atom is 0.375 e. The summed E-state index contributed by atoms with van der Waals surface area (Å²) in [4.78, 5) is 36.9. The van der Waals surface area contributed by atoms with Gasteiger partial charge in [0.25, 0.3) is 5.78 Å². The number of rotatable bonds is 3. The molecule has 24 heavy (non-hydrogen) atoms. The molecule has 0 aromatic heterocycles. The number of fused-ring (bicyclic) bond motifs is 3. The van der Waals surface area contributed by atoms with Crippen LogP contribution in [-0.2, 0) is 20.7 Å². The summed E-state index contributed by atoms with van der Waals surface area (Å²) in [5.74, 6) is -1.38. The topological polar surface area (TPSA) is 69.7 Å². The fourth-order valence-corrected chi connectivity index (χ4v) is 3.29. The van der Waals surface area contributed by atoms with Gasteiger partial charge in [-0.2, -0.15) is 0 Å². The molecule has 1 atom stereocenters. The van der Waals surface area contributed by atoms with Crippen LogP contribution in [0, 0.1) is 5.41 Å². The van der Waals surface area contributed by atoms with E-state index in [-0.39, 0.29) is 12.2 Å². The molecule has 0 aliphatic heterocycles. The second-order valence-corrected chi connectivity index (χ2v) is 6.16. The highest BCUT2D eigenvalue weighted by molar-refractivity contribution is 6.41. The number of carbonyl (C=O) groups excluding carboxylic acids is 3. The molecule has 0 bridgehead atoms. The normalized spacial score (nSPS) is 19.7. The van der Waals surface area contributed by atoms with Crippen LogP contribution in [0.25, 0.3) is 10.8 Å². The van der Waals surface area contributed by atoms with Crippen molar-refractivity contribution in [1.82, 2.24) is 0 Å².